The Bertz CT molecular complexity index is 2490. The maximum absolute atomic E-state index is 12.8. The van der Waals surface area contributed by atoms with Crippen molar-refractivity contribution in [1.82, 2.24) is 4.86 Å². The molecule has 0 unspecified atom stereocenters. The van der Waals surface area contributed by atoms with Crippen LogP contribution in [0, 0.1) is 27.7 Å². The molecule has 7 nitrogen and oxygen atoms in total. The predicted octanol–water partition coefficient (Wildman–Crippen LogP) is 11.5. The first kappa shape index (κ1) is 32.4. The normalized spacial score (nSPS) is 16.4. The summed E-state index contributed by atoms with van der Waals surface area (Å²) in [5.74, 6) is 1.87. The van der Waals surface area contributed by atoms with Crippen LogP contribution < -0.4 is 23.0 Å². The van der Waals surface area contributed by atoms with Crippen LogP contribution in [0.25, 0.3) is 65.3 Å². The summed E-state index contributed by atoms with van der Waals surface area (Å²) in [5, 5.41) is 7.96. The Hall–Kier alpha value is -5.26. The molecule has 264 valence electrons. The van der Waals surface area contributed by atoms with Gasteiger partial charge in [-0.1, -0.05) is 0 Å². The number of nitrogens with one attached hydrogen (secondary N) is 1. The van der Waals surface area contributed by atoms with Gasteiger partial charge in [0.25, 0.3) is 0 Å². The molecule has 0 saturated carbocycles. The van der Waals surface area contributed by atoms with Crippen LogP contribution in [0.3, 0.4) is 0 Å². The van der Waals surface area contributed by atoms with Gasteiger partial charge in [-0.2, -0.15) is 0 Å². The van der Waals surface area contributed by atoms with Crippen molar-refractivity contribution in [3.05, 3.63) is 144 Å². The standard InChI is InChI=1S/C44H37NO6P2/c1-25-21-29-13-5-9-17-33(29)37-38-34-18-10-6-14-30(34)22-26(2)42(38)49-52(46,48-41(25)37)45-53(47)50-43-27(3)23-31-15-7-11-19-35(31)39(43)40-36-20-12-8-16-32(36)24-28(4)44(40)51-53/h5-24,45-47,52-53H,1-4H3. The van der Waals surface area contributed by atoms with Gasteiger partial charge in [-0.05, 0) is 0 Å². The Morgan fingerprint density at radius 3 is 0.849 bits per heavy atom. The molecule has 2 aliphatic heterocycles. The summed E-state index contributed by atoms with van der Waals surface area (Å²) in [4.78, 5) is 28.7. The summed E-state index contributed by atoms with van der Waals surface area (Å²) >= 11 is 0. The number of rotatable bonds is 2. The van der Waals surface area contributed by atoms with E-state index in [4.69, 9.17) is 18.1 Å². The molecule has 2 heterocycles. The van der Waals surface area contributed by atoms with Crippen LogP contribution in [0.15, 0.2) is 121 Å². The fourth-order valence-electron chi connectivity index (χ4n) is 8.29. The van der Waals surface area contributed by atoms with Gasteiger partial charge in [0.1, 0.15) is 0 Å². The first-order valence-corrected chi connectivity index (χ1v) is 21.2. The van der Waals surface area contributed by atoms with Crippen LogP contribution in [0.1, 0.15) is 22.3 Å². The zero-order valence-corrected chi connectivity index (χ0v) is 31.6. The van der Waals surface area contributed by atoms with Crippen molar-refractivity contribution in [2.45, 2.75) is 27.7 Å². The molecular weight excluding hydrogens is 700 g/mol. The topological polar surface area (TPSA) is 89.4 Å². The van der Waals surface area contributed by atoms with Gasteiger partial charge in [0.2, 0.25) is 0 Å². The van der Waals surface area contributed by atoms with E-state index in [-0.39, 0.29) is 0 Å². The van der Waals surface area contributed by atoms with Gasteiger partial charge in [-0.25, -0.2) is 0 Å². The summed E-state index contributed by atoms with van der Waals surface area (Å²) in [5.41, 5.74) is 6.51. The van der Waals surface area contributed by atoms with E-state index < -0.39 is 16.2 Å². The summed E-state index contributed by atoms with van der Waals surface area (Å²) < 4.78 is 26.9. The fraction of sp³-hybridized carbons (Fsp3) is 0.0909. The monoisotopic (exact) mass is 737 g/mol. The molecule has 53 heavy (non-hydrogen) atoms. The quantitative estimate of drug-likeness (QED) is 0.152. The van der Waals surface area contributed by atoms with Crippen molar-refractivity contribution in [3.63, 3.8) is 0 Å². The summed E-state index contributed by atoms with van der Waals surface area (Å²) in [6, 6.07) is 40.8. The van der Waals surface area contributed by atoms with Crippen LogP contribution >= 0.6 is 16.2 Å². The van der Waals surface area contributed by atoms with Crippen LogP contribution in [0.5, 0.6) is 23.0 Å². The van der Waals surface area contributed by atoms with Crippen molar-refractivity contribution < 1.29 is 27.9 Å². The summed E-state index contributed by atoms with van der Waals surface area (Å²) in [6.07, 6.45) is 0. The van der Waals surface area contributed by atoms with E-state index in [1.807, 2.05) is 100 Å². The van der Waals surface area contributed by atoms with E-state index in [0.717, 1.165) is 87.6 Å². The molecule has 0 amide bonds. The van der Waals surface area contributed by atoms with Gasteiger partial charge < -0.3 is 0 Å². The Morgan fingerprint density at radius 2 is 0.604 bits per heavy atom. The molecule has 0 radical (unpaired) electrons. The molecule has 0 spiro atoms. The summed E-state index contributed by atoms with van der Waals surface area (Å²) in [6.45, 7) is 7.85. The van der Waals surface area contributed by atoms with Gasteiger partial charge in [-0.15, -0.1) is 0 Å². The first-order chi connectivity index (χ1) is 25.6. The molecule has 9 heteroatoms. The van der Waals surface area contributed by atoms with Crippen molar-refractivity contribution in [2.24, 2.45) is 0 Å². The van der Waals surface area contributed by atoms with Gasteiger partial charge in [-0.3, -0.25) is 0 Å². The van der Waals surface area contributed by atoms with E-state index in [1.54, 1.807) is 0 Å². The van der Waals surface area contributed by atoms with E-state index in [2.05, 4.69) is 53.4 Å². The predicted molar refractivity (Wildman–Crippen MR) is 219 cm³/mol. The van der Waals surface area contributed by atoms with Gasteiger partial charge in [0.05, 0.1) is 0 Å². The second-order valence-electron chi connectivity index (χ2n) is 14.2. The van der Waals surface area contributed by atoms with E-state index in [0.29, 0.717) is 23.0 Å². The third-order valence-electron chi connectivity index (χ3n) is 10.5. The fourth-order valence-corrected chi connectivity index (χ4v) is 12.9. The molecule has 8 aromatic carbocycles. The molecule has 0 saturated heterocycles. The molecule has 2 aliphatic rings. The molecule has 3 N–H and O–H groups in total. The molecule has 0 aliphatic carbocycles. The third-order valence-corrected chi connectivity index (χ3v) is 15.0. The molecule has 0 aromatic heterocycles. The number of aryl methyl sites for hydroxylation is 4. The second-order valence-corrected chi connectivity index (χ2v) is 18.3. The van der Waals surface area contributed by atoms with Crippen LogP contribution in [0.2, 0.25) is 0 Å². The Kier molecular flexibility index (Phi) is 7.10. The maximum atomic E-state index is 12.8. The SMILES string of the molecule is Cc1cc2ccccc2c2c1O[PH](O)(N[PH]1(O)Oc3c(C)cc4ccccc4c3-c3c(c(C)cc4ccccc34)O1)Oc1c(C)cc3ccccc3c1-2. The second kappa shape index (κ2) is 11.6. The Labute approximate surface area is 307 Å². The average molecular weight is 738 g/mol. The molecule has 0 fully saturated rings. The minimum atomic E-state index is -4.68. The number of fused-ring (bicyclic) bond motifs is 14. The molecule has 8 aromatic rings. The molecular formula is C44H37NO6P2. The van der Waals surface area contributed by atoms with Crippen molar-refractivity contribution >= 4 is 59.3 Å². The zero-order chi connectivity index (χ0) is 36.2. The molecule has 10 rings (SSSR count). The van der Waals surface area contributed by atoms with Crippen molar-refractivity contribution in [2.75, 3.05) is 0 Å². The molecule has 0 atom stereocenters. The Balaban J connectivity index is 1.21. The van der Waals surface area contributed by atoms with Crippen LogP contribution in [0.4, 0.5) is 0 Å². The van der Waals surface area contributed by atoms with Crippen molar-refractivity contribution in [3.8, 4) is 45.3 Å². The van der Waals surface area contributed by atoms with Crippen LogP contribution in [-0.2, 0) is 0 Å². The average Bonchev–Trinajstić information content (AvgIpc) is 3.37. The van der Waals surface area contributed by atoms with Gasteiger partial charge >= 0.3 is 309 Å². The number of hydrogen-bond acceptors (Lipinski definition) is 7. The van der Waals surface area contributed by atoms with E-state index >= 15 is 0 Å². The van der Waals surface area contributed by atoms with Gasteiger partial charge in [0, 0.05) is 0 Å². The third kappa shape index (κ3) is 5.00. The Morgan fingerprint density at radius 1 is 0.377 bits per heavy atom. The van der Waals surface area contributed by atoms with Crippen molar-refractivity contribution in [1.29, 1.82) is 0 Å². The number of benzene rings is 8. The van der Waals surface area contributed by atoms with E-state index in [9.17, 15) is 9.79 Å². The number of hydrogen-bond donors (Lipinski definition) is 3. The van der Waals surface area contributed by atoms with Crippen LogP contribution in [-0.4, -0.2) is 9.79 Å². The van der Waals surface area contributed by atoms with E-state index in [1.165, 1.54) is 0 Å². The van der Waals surface area contributed by atoms with Gasteiger partial charge in [0.15, 0.2) is 0 Å². The zero-order valence-electron chi connectivity index (χ0n) is 29.6. The molecule has 0 bridgehead atoms. The first-order valence-electron chi connectivity index (χ1n) is 17.7. The minimum absolute atomic E-state index is 0.469. The summed E-state index contributed by atoms with van der Waals surface area (Å²) in [7, 11) is -9.36.